The lowest BCUT2D eigenvalue weighted by Gasteiger charge is -2.13. The van der Waals surface area contributed by atoms with Crippen LogP contribution in [0.3, 0.4) is 0 Å². The zero-order valence-corrected chi connectivity index (χ0v) is 10.1. The molecule has 0 spiro atoms. The standard InChI is InChI=1S/C13H18N4/c1-12(11-17-10-2-6-16-17)15-9-5-13-3-7-14-8-4-13/h2-4,6-8,10,12,15H,5,9,11H2,1H3. The van der Waals surface area contributed by atoms with Crippen molar-refractivity contribution in [2.75, 3.05) is 6.54 Å². The molecule has 4 heteroatoms. The zero-order valence-electron chi connectivity index (χ0n) is 10.1. The highest BCUT2D eigenvalue weighted by molar-refractivity contribution is 5.09. The van der Waals surface area contributed by atoms with Gasteiger partial charge in [-0.25, -0.2) is 0 Å². The number of hydrogen-bond acceptors (Lipinski definition) is 3. The van der Waals surface area contributed by atoms with Gasteiger partial charge in [0.2, 0.25) is 0 Å². The average molecular weight is 230 g/mol. The summed E-state index contributed by atoms with van der Waals surface area (Å²) in [6.45, 7) is 4.06. The monoisotopic (exact) mass is 230 g/mol. The third kappa shape index (κ3) is 4.00. The van der Waals surface area contributed by atoms with Crippen molar-refractivity contribution >= 4 is 0 Å². The summed E-state index contributed by atoms with van der Waals surface area (Å²) in [7, 11) is 0. The Morgan fingerprint density at radius 3 is 2.82 bits per heavy atom. The van der Waals surface area contributed by atoms with E-state index in [4.69, 9.17) is 0 Å². The summed E-state index contributed by atoms with van der Waals surface area (Å²) < 4.78 is 1.95. The van der Waals surface area contributed by atoms with Crippen LogP contribution < -0.4 is 5.32 Å². The lowest BCUT2D eigenvalue weighted by molar-refractivity contribution is 0.454. The number of rotatable bonds is 6. The van der Waals surface area contributed by atoms with Gasteiger partial charge in [-0.15, -0.1) is 0 Å². The fraction of sp³-hybridized carbons (Fsp3) is 0.385. The summed E-state index contributed by atoms with van der Waals surface area (Å²) in [6.07, 6.45) is 8.50. The fourth-order valence-electron chi connectivity index (χ4n) is 1.77. The molecule has 0 saturated heterocycles. The van der Waals surface area contributed by atoms with E-state index in [2.05, 4.69) is 34.5 Å². The molecule has 0 aliphatic rings. The van der Waals surface area contributed by atoms with Crippen LogP contribution in [0.5, 0.6) is 0 Å². The molecule has 2 rings (SSSR count). The van der Waals surface area contributed by atoms with E-state index in [0.29, 0.717) is 6.04 Å². The summed E-state index contributed by atoms with van der Waals surface area (Å²) in [6, 6.07) is 6.49. The predicted octanol–water partition coefficient (Wildman–Crippen LogP) is 1.50. The first-order valence-electron chi connectivity index (χ1n) is 5.94. The molecule has 0 aromatic carbocycles. The SMILES string of the molecule is CC(Cn1cccn1)NCCc1ccncc1. The summed E-state index contributed by atoms with van der Waals surface area (Å²) in [5.41, 5.74) is 1.32. The highest BCUT2D eigenvalue weighted by Crippen LogP contribution is 1.97. The third-order valence-corrected chi connectivity index (χ3v) is 2.68. The van der Waals surface area contributed by atoms with Crippen molar-refractivity contribution in [3.8, 4) is 0 Å². The van der Waals surface area contributed by atoms with Crippen LogP contribution in [0.1, 0.15) is 12.5 Å². The molecule has 0 aliphatic heterocycles. The molecule has 1 N–H and O–H groups in total. The molecule has 2 heterocycles. The van der Waals surface area contributed by atoms with Gasteiger partial charge in [0.15, 0.2) is 0 Å². The fourth-order valence-corrected chi connectivity index (χ4v) is 1.77. The Kier molecular flexibility index (Phi) is 4.27. The maximum atomic E-state index is 4.19. The minimum atomic E-state index is 0.428. The largest absolute Gasteiger partial charge is 0.312 e. The first-order valence-corrected chi connectivity index (χ1v) is 5.94. The minimum Gasteiger partial charge on any atom is -0.312 e. The summed E-state index contributed by atoms with van der Waals surface area (Å²) in [5, 5.41) is 7.68. The van der Waals surface area contributed by atoms with E-state index in [9.17, 15) is 0 Å². The van der Waals surface area contributed by atoms with Gasteiger partial charge in [0.05, 0.1) is 6.54 Å². The number of nitrogens with one attached hydrogen (secondary N) is 1. The van der Waals surface area contributed by atoms with Gasteiger partial charge in [-0.3, -0.25) is 9.67 Å². The Morgan fingerprint density at radius 1 is 1.29 bits per heavy atom. The summed E-state index contributed by atoms with van der Waals surface area (Å²) >= 11 is 0. The van der Waals surface area contributed by atoms with Crippen molar-refractivity contribution in [2.45, 2.75) is 25.9 Å². The van der Waals surface area contributed by atoms with Crippen LogP contribution in [0, 0.1) is 0 Å². The van der Waals surface area contributed by atoms with E-state index >= 15 is 0 Å². The maximum absolute atomic E-state index is 4.19. The van der Waals surface area contributed by atoms with Gasteiger partial charge in [-0.2, -0.15) is 5.10 Å². The van der Waals surface area contributed by atoms with Crippen LogP contribution >= 0.6 is 0 Å². The molecule has 0 bridgehead atoms. The molecule has 0 aliphatic carbocycles. The molecule has 1 atom stereocenters. The normalized spacial score (nSPS) is 12.5. The van der Waals surface area contributed by atoms with Crippen molar-refractivity contribution in [2.24, 2.45) is 0 Å². The molecule has 2 aromatic rings. The summed E-state index contributed by atoms with van der Waals surface area (Å²) in [5.74, 6) is 0. The first kappa shape index (κ1) is 11.8. The highest BCUT2D eigenvalue weighted by Gasteiger charge is 2.02. The van der Waals surface area contributed by atoms with E-state index in [-0.39, 0.29) is 0 Å². The van der Waals surface area contributed by atoms with Crippen LogP contribution in [0.4, 0.5) is 0 Å². The molecule has 90 valence electrons. The molecular weight excluding hydrogens is 212 g/mol. The lowest BCUT2D eigenvalue weighted by Crippen LogP contribution is -2.32. The van der Waals surface area contributed by atoms with Gasteiger partial charge in [0, 0.05) is 30.8 Å². The van der Waals surface area contributed by atoms with Crippen molar-refractivity contribution in [1.82, 2.24) is 20.1 Å². The molecule has 0 amide bonds. The average Bonchev–Trinajstić information content (AvgIpc) is 2.83. The smallest absolute Gasteiger partial charge is 0.0559 e. The van der Waals surface area contributed by atoms with Crippen LogP contribution in [0.2, 0.25) is 0 Å². The van der Waals surface area contributed by atoms with Crippen molar-refractivity contribution in [1.29, 1.82) is 0 Å². The van der Waals surface area contributed by atoms with E-state index < -0.39 is 0 Å². The lowest BCUT2D eigenvalue weighted by atomic mass is 10.2. The van der Waals surface area contributed by atoms with Crippen LogP contribution in [0.15, 0.2) is 43.0 Å². The molecule has 0 saturated carbocycles. The second-order valence-electron chi connectivity index (χ2n) is 4.19. The second-order valence-corrected chi connectivity index (χ2v) is 4.19. The van der Waals surface area contributed by atoms with Gasteiger partial charge < -0.3 is 5.32 Å². The Labute approximate surface area is 102 Å². The van der Waals surface area contributed by atoms with Crippen molar-refractivity contribution in [3.05, 3.63) is 48.5 Å². The molecule has 17 heavy (non-hydrogen) atoms. The molecule has 0 fully saturated rings. The Hall–Kier alpha value is -1.68. The zero-order chi connectivity index (χ0) is 11.9. The van der Waals surface area contributed by atoms with Crippen LogP contribution in [0.25, 0.3) is 0 Å². The Morgan fingerprint density at radius 2 is 2.12 bits per heavy atom. The third-order valence-electron chi connectivity index (χ3n) is 2.68. The predicted molar refractivity (Wildman–Crippen MR) is 67.6 cm³/mol. The van der Waals surface area contributed by atoms with E-state index in [0.717, 1.165) is 19.5 Å². The Bertz CT molecular complexity index is 410. The number of pyridine rings is 1. The van der Waals surface area contributed by atoms with Gasteiger partial charge in [0.25, 0.3) is 0 Å². The topological polar surface area (TPSA) is 42.7 Å². The van der Waals surface area contributed by atoms with Crippen LogP contribution in [-0.2, 0) is 13.0 Å². The van der Waals surface area contributed by atoms with Crippen molar-refractivity contribution in [3.63, 3.8) is 0 Å². The quantitative estimate of drug-likeness (QED) is 0.817. The molecule has 0 radical (unpaired) electrons. The number of nitrogens with zero attached hydrogens (tertiary/aromatic N) is 3. The summed E-state index contributed by atoms with van der Waals surface area (Å²) in [4.78, 5) is 4.01. The number of hydrogen-bond donors (Lipinski definition) is 1. The van der Waals surface area contributed by atoms with E-state index in [1.165, 1.54) is 5.56 Å². The minimum absolute atomic E-state index is 0.428. The number of aromatic nitrogens is 3. The molecule has 2 aromatic heterocycles. The second kappa shape index (κ2) is 6.15. The van der Waals surface area contributed by atoms with Gasteiger partial charge in [0.1, 0.15) is 0 Å². The molecular formula is C13H18N4. The Balaban J connectivity index is 1.68. The van der Waals surface area contributed by atoms with Crippen molar-refractivity contribution < 1.29 is 0 Å². The van der Waals surface area contributed by atoms with E-state index in [1.54, 1.807) is 0 Å². The van der Waals surface area contributed by atoms with Gasteiger partial charge in [-0.1, -0.05) is 0 Å². The van der Waals surface area contributed by atoms with E-state index in [1.807, 2.05) is 35.5 Å². The van der Waals surface area contributed by atoms with Gasteiger partial charge >= 0.3 is 0 Å². The molecule has 1 unspecified atom stereocenters. The first-order chi connectivity index (χ1) is 8.34. The maximum Gasteiger partial charge on any atom is 0.0559 e. The molecule has 4 nitrogen and oxygen atoms in total. The van der Waals surface area contributed by atoms with Crippen LogP contribution in [-0.4, -0.2) is 27.4 Å². The highest BCUT2D eigenvalue weighted by atomic mass is 15.3. The van der Waals surface area contributed by atoms with Gasteiger partial charge in [-0.05, 0) is 43.7 Å².